The highest BCUT2D eigenvalue weighted by Gasteiger charge is 2.24. The van der Waals surface area contributed by atoms with Crippen molar-refractivity contribution in [2.45, 2.75) is 17.3 Å². The molecule has 148 valence electrons. The van der Waals surface area contributed by atoms with E-state index >= 15 is 0 Å². The Morgan fingerprint density at radius 2 is 1.93 bits per heavy atom. The van der Waals surface area contributed by atoms with Crippen LogP contribution in [-0.4, -0.2) is 20.8 Å². The van der Waals surface area contributed by atoms with E-state index in [1.54, 1.807) is 25.1 Å². The lowest BCUT2D eigenvalue weighted by Gasteiger charge is -2.16. The minimum Gasteiger partial charge on any atom is -0.384 e. The van der Waals surface area contributed by atoms with Crippen molar-refractivity contribution in [2.24, 2.45) is 0 Å². The number of nitro benzene ring substituents is 1. The Morgan fingerprint density at radius 1 is 1.21 bits per heavy atom. The Hall–Kier alpha value is -3.17. The number of nitro groups is 1. The van der Waals surface area contributed by atoms with Gasteiger partial charge >= 0.3 is 0 Å². The minimum absolute atomic E-state index is 0.00869. The largest absolute Gasteiger partial charge is 0.384 e. The van der Waals surface area contributed by atoms with Gasteiger partial charge in [0.15, 0.2) is 5.16 Å². The number of carbonyl (C=O) groups is 1. The van der Waals surface area contributed by atoms with E-state index in [2.05, 4.69) is 15.3 Å². The Morgan fingerprint density at radius 3 is 2.59 bits per heavy atom. The number of halogens is 1. The van der Waals surface area contributed by atoms with Gasteiger partial charge < -0.3 is 11.1 Å². The van der Waals surface area contributed by atoms with Crippen LogP contribution in [0.3, 0.4) is 0 Å². The molecule has 0 saturated carbocycles. The quantitative estimate of drug-likeness (QED) is 0.257. The van der Waals surface area contributed by atoms with Gasteiger partial charge in [-0.2, -0.15) is 0 Å². The molecule has 2 aromatic carbocycles. The zero-order valence-corrected chi connectivity index (χ0v) is 16.8. The third-order valence-electron chi connectivity index (χ3n) is 3.83. The molecule has 3 N–H and O–H groups in total. The first-order valence-electron chi connectivity index (χ1n) is 8.41. The third-order valence-corrected chi connectivity index (χ3v) is 5.26. The lowest BCUT2D eigenvalue weighted by atomic mass is 10.1. The van der Waals surface area contributed by atoms with Crippen LogP contribution in [0.2, 0.25) is 5.02 Å². The monoisotopic (exact) mass is 429 g/mol. The van der Waals surface area contributed by atoms with Crippen LogP contribution < -0.4 is 11.1 Å². The number of benzene rings is 2. The van der Waals surface area contributed by atoms with Gasteiger partial charge in [-0.1, -0.05) is 53.7 Å². The van der Waals surface area contributed by atoms with Crippen molar-refractivity contribution in [1.29, 1.82) is 0 Å². The highest BCUT2D eigenvalue weighted by Crippen LogP contribution is 2.35. The molecule has 1 amide bonds. The maximum atomic E-state index is 13.0. The fraction of sp³-hybridized carbons (Fsp3) is 0.105. The van der Waals surface area contributed by atoms with E-state index in [1.165, 1.54) is 18.2 Å². The molecule has 3 rings (SSSR count). The summed E-state index contributed by atoms with van der Waals surface area (Å²) in [5.74, 6) is -0.0814. The fourth-order valence-electron chi connectivity index (χ4n) is 2.56. The molecule has 10 heteroatoms. The Kier molecular flexibility index (Phi) is 6.30. The summed E-state index contributed by atoms with van der Waals surface area (Å²) < 4.78 is 0. The molecule has 0 bridgehead atoms. The van der Waals surface area contributed by atoms with Gasteiger partial charge in [-0.3, -0.25) is 14.9 Å². The number of hydrogen-bond donors (Lipinski definition) is 2. The number of nitrogens with two attached hydrogens (primary N) is 1. The number of hydrogen-bond acceptors (Lipinski definition) is 7. The van der Waals surface area contributed by atoms with Gasteiger partial charge in [0.1, 0.15) is 16.1 Å². The summed E-state index contributed by atoms with van der Waals surface area (Å²) in [6.07, 6.45) is 0. The zero-order chi connectivity index (χ0) is 21.0. The molecule has 0 fully saturated rings. The number of aromatic nitrogens is 2. The van der Waals surface area contributed by atoms with Crippen molar-refractivity contribution in [2.75, 3.05) is 11.1 Å². The van der Waals surface area contributed by atoms with E-state index in [0.717, 1.165) is 17.3 Å². The number of nitrogen functional groups attached to an aromatic ring is 1. The zero-order valence-electron chi connectivity index (χ0n) is 15.2. The molecule has 0 aliphatic carbocycles. The van der Waals surface area contributed by atoms with E-state index in [0.29, 0.717) is 16.7 Å². The number of nitrogens with one attached hydrogen (secondary N) is 1. The van der Waals surface area contributed by atoms with E-state index in [-0.39, 0.29) is 22.3 Å². The normalized spacial score (nSPS) is 11.7. The van der Waals surface area contributed by atoms with E-state index in [1.807, 2.05) is 18.2 Å². The predicted octanol–water partition coefficient (Wildman–Crippen LogP) is 4.40. The standard InChI is InChI=1S/C19H16ClN5O3S/c1-11-9-16(21)24-19(22-11)29-17(12-5-3-2-4-6-12)18(26)23-13-7-8-14(20)15(10-13)25(27)28/h2-10,17H,1H3,(H,23,26)(H2,21,22,24). The summed E-state index contributed by atoms with van der Waals surface area (Å²) in [5.41, 5.74) is 7.17. The minimum atomic E-state index is -0.702. The SMILES string of the molecule is Cc1cc(N)nc(SC(C(=O)Nc2ccc(Cl)c([N+](=O)[O-])c2)c2ccccc2)n1. The van der Waals surface area contributed by atoms with Crippen LogP contribution in [0.25, 0.3) is 0 Å². The van der Waals surface area contributed by atoms with E-state index in [9.17, 15) is 14.9 Å². The van der Waals surface area contributed by atoms with Crippen LogP contribution in [0, 0.1) is 17.0 Å². The number of anilines is 2. The highest BCUT2D eigenvalue weighted by molar-refractivity contribution is 8.00. The van der Waals surface area contributed by atoms with Crippen LogP contribution >= 0.6 is 23.4 Å². The molecule has 1 unspecified atom stereocenters. The summed E-state index contributed by atoms with van der Waals surface area (Å²) in [6.45, 7) is 1.78. The number of thioether (sulfide) groups is 1. The number of aryl methyl sites for hydroxylation is 1. The lowest BCUT2D eigenvalue weighted by molar-refractivity contribution is -0.384. The van der Waals surface area contributed by atoms with Crippen molar-refractivity contribution in [3.05, 3.63) is 81.0 Å². The van der Waals surface area contributed by atoms with Crippen LogP contribution in [0.5, 0.6) is 0 Å². The van der Waals surface area contributed by atoms with Gasteiger partial charge in [-0.15, -0.1) is 0 Å². The number of amides is 1. The second-order valence-corrected chi connectivity index (χ2v) is 7.52. The Labute approximate surface area is 175 Å². The molecule has 0 aliphatic rings. The first-order valence-corrected chi connectivity index (χ1v) is 9.67. The average Bonchev–Trinajstić information content (AvgIpc) is 2.67. The molecule has 3 aromatic rings. The first kappa shape index (κ1) is 20.6. The van der Waals surface area contributed by atoms with E-state index in [4.69, 9.17) is 17.3 Å². The number of carbonyl (C=O) groups excluding carboxylic acids is 1. The molecule has 1 heterocycles. The van der Waals surface area contributed by atoms with Crippen LogP contribution in [0.4, 0.5) is 17.2 Å². The topological polar surface area (TPSA) is 124 Å². The molecular weight excluding hydrogens is 414 g/mol. The van der Waals surface area contributed by atoms with Gasteiger partial charge in [0.25, 0.3) is 5.69 Å². The van der Waals surface area contributed by atoms with Gasteiger partial charge in [0, 0.05) is 23.5 Å². The summed E-state index contributed by atoms with van der Waals surface area (Å²) in [4.78, 5) is 32.0. The van der Waals surface area contributed by atoms with Crippen LogP contribution in [0.1, 0.15) is 16.5 Å². The van der Waals surface area contributed by atoms with Crippen molar-refractivity contribution in [3.63, 3.8) is 0 Å². The van der Waals surface area contributed by atoms with E-state index < -0.39 is 10.2 Å². The molecule has 8 nitrogen and oxygen atoms in total. The average molecular weight is 430 g/mol. The number of nitrogens with zero attached hydrogens (tertiary/aromatic N) is 3. The molecule has 1 aromatic heterocycles. The van der Waals surface area contributed by atoms with Gasteiger partial charge in [-0.25, -0.2) is 9.97 Å². The fourth-order valence-corrected chi connectivity index (χ4v) is 3.77. The molecule has 29 heavy (non-hydrogen) atoms. The molecule has 0 saturated heterocycles. The summed E-state index contributed by atoms with van der Waals surface area (Å²) in [7, 11) is 0. The van der Waals surface area contributed by atoms with Crippen LogP contribution in [0.15, 0.2) is 59.8 Å². The van der Waals surface area contributed by atoms with Gasteiger partial charge in [0.2, 0.25) is 5.91 Å². The summed E-state index contributed by atoms with van der Waals surface area (Å²) in [5, 5.41) is 13.4. The highest BCUT2D eigenvalue weighted by atomic mass is 35.5. The second kappa shape index (κ2) is 8.89. The maximum absolute atomic E-state index is 13.0. The summed E-state index contributed by atoms with van der Waals surface area (Å²) in [6, 6.07) is 14.8. The molecule has 0 radical (unpaired) electrons. The Balaban J connectivity index is 1.91. The van der Waals surface area contributed by atoms with Crippen molar-refractivity contribution >= 4 is 46.5 Å². The van der Waals surface area contributed by atoms with Crippen molar-refractivity contribution in [1.82, 2.24) is 9.97 Å². The smallest absolute Gasteiger partial charge is 0.289 e. The number of rotatable bonds is 6. The molecule has 0 spiro atoms. The molecular formula is C19H16ClN5O3S. The third kappa shape index (κ3) is 5.21. The van der Waals surface area contributed by atoms with Gasteiger partial charge in [0.05, 0.1) is 4.92 Å². The Bertz CT molecular complexity index is 1040. The van der Waals surface area contributed by atoms with Crippen molar-refractivity contribution in [3.8, 4) is 0 Å². The predicted molar refractivity (Wildman–Crippen MR) is 113 cm³/mol. The molecule has 0 aliphatic heterocycles. The lowest BCUT2D eigenvalue weighted by Crippen LogP contribution is -2.19. The summed E-state index contributed by atoms with van der Waals surface area (Å²) >= 11 is 6.97. The first-order chi connectivity index (χ1) is 13.8. The van der Waals surface area contributed by atoms with Crippen LogP contribution in [-0.2, 0) is 4.79 Å². The van der Waals surface area contributed by atoms with Crippen molar-refractivity contribution < 1.29 is 9.72 Å². The van der Waals surface area contributed by atoms with Gasteiger partial charge in [-0.05, 0) is 24.6 Å². The molecule has 1 atom stereocenters. The second-order valence-electron chi connectivity index (χ2n) is 6.04. The maximum Gasteiger partial charge on any atom is 0.289 e.